The molecule has 0 bridgehead atoms. The van der Waals surface area contributed by atoms with Crippen LogP contribution in [0.25, 0.3) is 0 Å². The van der Waals surface area contributed by atoms with E-state index < -0.39 is 5.97 Å². The van der Waals surface area contributed by atoms with Crippen LogP contribution in [0.15, 0.2) is 41.5 Å². The maximum Gasteiger partial charge on any atom is 0.323 e. The number of nitrogens with zero attached hydrogens (tertiary/aromatic N) is 1. The van der Waals surface area contributed by atoms with Crippen molar-refractivity contribution in [1.29, 1.82) is 0 Å². The number of phenols is 1. The van der Waals surface area contributed by atoms with Crippen LogP contribution < -0.4 is 4.90 Å². The summed E-state index contributed by atoms with van der Waals surface area (Å²) in [5, 5.41) is 20.6. The number of carboxylic acids is 1. The summed E-state index contributed by atoms with van der Waals surface area (Å²) in [5.41, 5.74) is 2.80. The maximum absolute atomic E-state index is 11.0. The fraction of sp³-hybridized carbons (Fsp3) is 0.154. The molecule has 0 fully saturated rings. The molecule has 3 rings (SSSR count). The fourth-order valence-corrected chi connectivity index (χ4v) is 3.34. The second-order valence-electron chi connectivity index (χ2n) is 4.16. The van der Waals surface area contributed by atoms with Gasteiger partial charge in [-0.15, -0.1) is 11.8 Å². The Labute approximate surface area is 108 Å². The van der Waals surface area contributed by atoms with Crippen LogP contribution in [-0.4, -0.2) is 22.7 Å². The molecule has 0 amide bonds. The average molecular weight is 261 g/mol. The topological polar surface area (TPSA) is 60.8 Å². The normalized spacial score (nSPS) is 20.3. The number of aromatic hydroxyl groups is 1. The lowest BCUT2D eigenvalue weighted by molar-refractivity contribution is -0.135. The lowest BCUT2D eigenvalue weighted by Gasteiger charge is -2.21. The second kappa shape index (κ2) is 4.10. The van der Waals surface area contributed by atoms with Crippen LogP contribution in [0, 0.1) is 0 Å². The van der Waals surface area contributed by atoms with Crippen molar-refractivity contribution in [3.63, 3.8) is 0 Å². The van der Waals surface area contributed by atoms with Gasteiger partial charge in [0.05, 0.1) is 5.25 Å². The number of carbonyl (C=O) groups is 1. The lowest BCUT2D eigenvalue weighted by Crippen LogP contribution is -2.26. The Morgan fingerprint density at radius 3 is 3.06 bits per heavy atom. The molecule has 0 radical (unpaired) electrons. The quantitative estimate of drug-likeness (QED) is 0.856. The van der Waals surface area contributed by atoms with Gasteiger partial charge in [0, 0.05) is 11.4 Å². The highest BCUT2D eigenvalue weighted by Crippen LogP contribution is 2.51. The number of carboxylic acid groups (broad SMARTS) is 1. The minimum Gasteiger partial charge on any atom is -0.508 e. The van der Waals surface area contributed by atoms with E-state index in [1.807, 2.05) is 17.6 Å². The van der Waals surface area contributed by atoms with Gasteiger partial charge >= 0.3 is 5.97 Å². The molecular weight excluding hydrogens is 250 g/mol. The first kappa shape index (κ1) is 11.2. The number of anilines is 1. The Morgan fingerprint density at radius 2 is 2.28 bits per heavy atom. The summed E-state index contributed by atoms with van der Waals surface area (Å²) in [6.07, 6.45) is 3.85. The number of hydrogen-bond acceptors (Lipinski definition) is 4. The van der Waals surface area contributed by atoms with Crippen molar-refractivity contribution in [1.82, 2.24) is 0 Å². The predicted molar refractivity (Wildman–Crippen MR) is 70.6 cm³/mol. The van der Waals surface area contributed by atoms with Gasteiger partial charge in [-0.2, -0.15) is 0 Å². The van der Waals surface area contributed by atoms with Crippen molar-refractivity contribution in [3.05, 3.63) is 47.0 Å². The van der Waals surface area contributed by atoms with Crippen LogP contribution in [0.1, 0.15) is 10.8 Å². The SMILES string of the molecule is O=C(O)CN1C2=CC=CSC2c2cc(O)ccc21. The number of allylic oxidation sites excluding steroid dienone is 2. The minimum absolute atomic E-state index is 0.0610. The van der Waals surface area contributed by atoms with Crippen molar-refractivity contribution < 1.29 is 15.0 Å². The summed E-state index contributed by atoms with van der Waals surface area (Å²) >= 11 is 1.62. The van der Waals surface area contributed by atoms with E-state index >= 15 is 0 Å². The van der Waals surface area contributed by atoms with E-state index in [2.05, 4.69) is 0 Å². The number of phenolic OH excluding ortho intramolecular Hbond substituents is 1. The smallest absolute Gasteiger partial charge is 0.323 e. The third kappa shape index (κ3) is 1.67. The molecule has 0 saturated heterocycles. The molecule has 1 aromatic rings. The summed E-state index contributed by atoms with van der Waals surface area (Å²) in [4.78, 5) is 12.8. The summed E-state index contributed by atoms with van der Waals surface area (Å²) < 4.78 is 0. The Morgan fingerprint density at radius 1 is 1.44 bits per heavy atom. The van der Waals surface area contributed by atoms with E-state index in [9.17, 15) is 9.90 Å². The highest BCUT2D eigenvalue weighted by atomic mass is 32.2. The van der Waals surface area contributed by atoms with Gasteiger partial charge in [0.1, 0.15) is 12.3 Å². The zero-order valence-corrected chi connectivity index (χ0v) is 10.2. The highest BCUT2D eigenvalue weighted by Gasteiger charge is 2.35. The molecule has 2 N–H and O–H groups in total. The Bertz CT molecular complexity index is 580. The Hall–Kier alpha value is -1.88. The van der Waals surface area contributed by atoms with Gasteiger partial charge in [-0.1, -0.05) is 6.08 Å². The summed E-state index contributed by atoms with van der Waals surface area (Å²) in [6.45, 7) is -0.0610. The number of benzene rings is 1. The van der Waals surface area contributed by atoms with Crippen LogP contribution in [0.4, 0.5) is 5.69 Å². The van der Waals surface area contributed by atoms with E-state index in [0.29, 0.717) is 0 Å². The minimum atomic E-state index is -0.866. The van der Waals surface area contributed by atoms with Gasteiger partial charge in [-0.25, -0.2) is 0 Å². The molecule has 2 aliphatic rings. The third-order valence-corrected chi connectivity index (χ3v) is 4.10. The highest BCUT2D eigenvalue weighted by molar-refractivity contribution is 8.02. The summed E-state index contributed by atoms with van der Waals surface area (Å²) in [5.74, 6) is -0.657. The van der Waals surface area contributed by atoms with Crippen LogP contribution in [0.2, 0.25) is 0 Å². The van der Waals surface area contributed by atoms with E-state index in [4.69, 9.17) is 5.11 Å². The molecule has 4 nitrogen and oxygen atoms in total. The van der Waals surface area contributed by atoms with Gasteiger partial charge in [-0.05, 0) is 35.2 Å². The van der Waals surface area contributed by atoms with E-state index in [-0.39, 0.29) is 17.5 Å². The molecule has 0 spiro atoms. The molecule has 18 heavy (non-hydrogen) atoms. The summed E-state index contributed by atoms with van der Waals surface area (Å²) in [7, 11) is 0. The number of thioether (sulfide) groups is 1. The molecule has 1 aromatic carbocycles. The second-order valence-corrected chi connectivity index (χ2v) is 5.17. The van der Waals surface area contributed by atoms with E-state index in [0.717, 1.165) is 16.9 Å². The molecule has 1 atom stereocenters. The summed E-state index contributed by atoms with van der Waals surface area (Å²) in [6, 6.07) is 5.07. The molecule has 1 unspecified atom stereocenters. The van der Waals surface area contributed by atoms with E-state index in [1.54, 1.807) is 34.9 Å². The maximum atomic E-state index is 11.0. The first-order chi connectivity index (χ1) is 8.66. The first-order valence-corrected chi connectivity index (χ1v) is 6.45. The molecular formula is C13H11NO3S. The van der Waals surface area contributed by atoms with Crippen LogP contribution in [0.3, 0.4) is 0 Å². The zero-order valence-electron chi connectivity index (χ0n) is 9.41. The molecule has 5 heteroatoms. The van der Waals surface area contributed by atoms with Gasteiger partial charge in [0.15, 0.2) is 0 Å². The van der Waals surface area contributed by atoms with Crippen LogP contribution in [-0.2, 0) is 4.79 Å². The van der Waals surface area contributed by atoms with Gasteiger partial charge in [0.2, 0.25) is 0 Å². The lowest BCUT2D eigenvalue weighted by atomic mass is 10.1. The molecule has 92 valence electrons. The Balaban J connectivity index is 2.11. The van der Waals surface area contributed by atoms with Crippen molar-refractivity contribution in [2.24, 2.45) is 0 Å². The largest absolute Gasteiger partial charge is 0.508 e. The number of aliphatic carboxylic acids is 1. The number of fused-ring (bicyclic) bond motifs is 3. The van der Waals surface area contributed by atoms with Crippen molar-refractivity contribution in [2.45, 2.75) is 5.25 Å². The molecule has 0 aromatic heterocycles. The Kier molecular flexibility index (Phi) is 2.56. The van der Waals surface area contributed by atoms with Gasteiger partial charge in [0.25, 0.3) is 0 Å². The van der Waals surface area contributed by atoms with Gasteiger partial charge in [-0.3, -0.25) is 4.79 Å². The number of hydrogen-bond donors (Lipinski definition) is 2. The average Bonchev–Trinajstić information content (AvgIpc) is 2.64. The van der Waals surface area contributed by atoms with Crippen molar-refractivity contribution >= 4 is 23.4 Å². The molecule has 0 saturated carbocycles. The van der Waals surface area contributed by atoms with E-state index in [1.165, 1.54) is 0 Å². The first-order valence-electron chi connectivity index (χ1n) is 5.51. The number of rotatable bonds is 2. The molecule has 2 aliphatic heterocycles. The molecule has 2 heterocycles. The van der Waals surface area contributed by atoms with Crippen LogP contribution >= 0.6 is 11.8 Å². The monoisotopic (exact) mass is 261 g/mol. The fourth-order valence-electron chi connectivity index (χ4n) is 2.33. The van der Waals surface area contributed by atoms with Gasteiger partial charge < -0.3 is 15.1 Å². The third-order valence-electron chi connectivity index (χ3n) is 3.02. The van der Waals surface area contributed by atoms with Crippen molar-refractivity contribution in [3.8, 4) is 5.75 Å². The zero-order chi connectivity index (χ0) is 12.7. The standard InChI is InChI=1S/C13H11NO3S/c15-8-3-4-10-9(6-8)13-11(2-1-5-18-13)14(10)7-12(16)17/h1-6,13,15H,7H2,(H,16,17). The molecule has 0 aliphatic carbocycles. The van der Waals surface area contributed by atoms with Crippen molar-refractivity contribution in [2.75, 3.05) is 11.4 Å². The van der Waals surface area contributed by atoms with Crippen LogP contribution in [0.5, 0.6) is 5.75 Å². The predicted octanol–water partition coefficient (Wildman–Crippen LogP) is 2.48.